The van der Waals surface area contributed by atoms with Crippen LogP contribution in [0.1, 0.15) is 103 Å². The minimum Gasteiger partial charge on any atom is -0.303 e. The van der Waals surface area contributed by atoms with Crippen molar-refractivity contribution in [2.24, 2.45) is 0 Å². The van der Waals surface area contributed by atoms with Crippen molar-refractivity contribution < 1.29 is 17.7 Å². The second-order valence-electron chi connectivity index (χ2n) is 6.36. The van der Waals surface area contributed by atoms with Gasteiger partial charge in [0, 0.05) is 6.42 Å². The summed E-state index contributed by atoms with van der Waals surface area (Å²) < 4.78 is 24.9. The predicted octanol–water partition coefficient (Wildman–Crippen LogP) is 5.58. The molecule has 0 aromatic rings. The molecule has 0 rings (SSSR count). The van der Waals surface area contributed by atoms with Crippen LogP contribution in [0.2, 0.25) is 0 Å². The lowest BCUT2D eigenvalue weighted by Crippen LogP contribution is -2.14. The molecule has 4 nitrogen and oxygen atoms in total. The summed E-state index contributed by atoms with van der Waals surface area (Å²) in [5.74, 6) is 0. The lowest BCUT2D eigenvalue weighted by atomic mass is 10.0. The Morgan fingerprint density at radius 1 is 0.870 bits per heavy atom. The largest absolute Gasteiger partial charge is 0.303 e. The minimum absolute atomic E-state index is 0.0685. The summed E-state index contributed by atoms with van der Waals surface area (Å²) in [6.07, 6.45) is 17.5. The number of carbonyl (C=O) groups is 1. The Kier molecular flexibility index (Phi) is 17.9. The summed E-state index contributed by atoms with van der Waals surface area (Å²) in [5, 5.41) is 0. The average molecular weight is 349 g/mol. The fourth-order valence-corrected chi connectivity index (χ4v) is 3.24. The van der Waals surface area contributed by atoms with Gasteiger partial charge in [-0.3, -0.25) is 8.74 Å². The van der Waals surface area contributed by atoms with E-state index in [1.165, 1.54) is 51.4 Å². The van der Waals surface area contributed by atoms with Gasteiger partial charge in [-0.2, -0.15) is 4.21 Å². The molecular weight excluding hydrogens is 312 g/mol. The molecule has 0 saturated heterocycles. The van der Waals surface area contributed by atoms with Gasteiger partial charge in [-0.1, -0.05) is 77.6 Å². The zero-order valence-corrected chi connectivity index (χ0v) is 15.7. The molecule has 23 heavy (non-hydrogen) atoms. The van der Waals surface area contributed by atoms with Gasteiger partial charge in [0.05, 0.1) is 6.10 Å². The summed E-state index contributed by atoms with van der Waals surface area (Å²) in [7, 11) is 0. The van der Waals surface area contributed by atoms with E-state index in [0.717, 1.165) is 44.8 Å². The van der Waals surface area contributed by atoms with E-state index in [1.807, 2.05) is 0 Å². The summed E-state index contributed by atoms with van der Waals surface area (Å²) in [4.78, 5) is 10.2. The van der Waals surface area contributed by atoms with Gasteiger partial charge in [0.1, 0.15) is 6.29 Å². The molecule has 2 unspecified atom stereocenters. The number of unbranched alkanes of at least 4 members (excludes halogenated alkanes) is 11. The third kappa shape index (κ3) is 17.9. The van der Waals surface area contributed by atoms with Crippen molar-refractivity contribution in [1.29, 1.82) is 0 Å². The molecule has 0 heterocycles. The lowest BCUT2D eigenvalue weighted by Gasteiger charge is -2.14. The third-order valence-corrected chi connectivity index (χ3v) is 4.63. The van der Waals surface area contributed by atoms with Gasteiger partial charge in [0.2, 0.25) is 0 Å². The molecular formula is C18H36O4S. The van der Waals surface area contributed by atoms with E-state index in [2.05, 4.69) is 6.92 Å². The summed E-state index contributed by atoms with van der Waals surface area (Å²) in [6, 6.07) is 0. The van der Waals surface area contributed by atoms with Crippen LogP contribution in [-0.2, 0) is 20.3 Å². The first-order chi connectivity index (χ1) is 11.2. The molecule has 0 aliphatic rings. The molecule has 0 aromatic carbocycles. The molecule has 0 radical (unpaired) electrons. The van der Waals surface area contributed by atoms with Gasteiger partial charge in [-0.15, -0.1) is 0 Å². The SMILES string of the molecule is CCCCCCC(CCCCCCCCCCC=O)OS(=O)O. The van der Waals surface area contributed by atoms with Gasteiger partial charge in [-0.05, 0) is 19.3 Å². The smallest absolute Gasteiger partial charge is 0.302 e. The Labute approximate surface area is 145 Å². The summed E-state index contributed by atoms with van der Waals surface area (Å²) in [5.41, 5.74) is 0. The molecule has 0 bridgehead atoms. The van der Waals surface area contributed by atoms with Gasteiger partial charge in [-0.25, -0.2) is 0 Å². The zero-order valence-electron chi connectivity index (χ0n) is 14.8. The van der Waals surface area contributed by atoms with E-state index in [0.29, 0.717) is 6.42 Å². The van der Waals surface area contributed by atoms with Crippen molar-refractivity contribution in [3.05, 3.63) is 0 Å². The minimum atomic E-state index is -2.14. The molecule has 2 atom stereocenters. The topological polar surface area (TPSA) is 63.6 Å². The fraction of sp³-hybridized carbons (Fsp3) is 0.944. The number of hydrogen-bond acceptors (Lipinski definition) is 3. The van der Waals surface area contributed by atoms with Crippen molar-refractivity contribution in [2.45, 2.75) is 109 Å². The van der Waals surface area contributed by atoms with Crippen LogP contribution in [0.4, 0.5) is 0 Å². The van der Waals surface area contributed by atoms with E-state index in [-0.39, 0.29) is 6.10 Å². The van der Waals surface area contributed by atoms with E-state index in [9.17, 15) is 9.00 Å². The van der Waals surface area contributed by atoms with Crippen molar-refractivity contribution in [3.8, 4) is 0 Å². The van der Waals surface area contributed by atoms with Crippen LogP contribution in [0.5, 0.6) is 0 Å². The Hall–Kier alpha value is -0.260. The van der Waals surface area contributed by atoms with Gasteiger partial charge in [0.25, 0.3) is 0 Å². The van der Waals surface area contributed by atoms with Crippen molar-refractivity contribution in [1.82, 2.24) is 0 Å². The van der Waals surface area contributed by atoms with Gasteiger partial charge < -0.3 is 4.79 Å². The second-order valence-corrected chi connectivity index (χ2v) is 6.98. The summed E-state index contributed by atoms with van der Waals surface area (Å²) >= 11 is -2.14. The summed E-state index contributed by atoms with van der Waals surface area (Å²) in [6.45, 7) is 2.18. The molecule has 0 amide bonds. The van der Waals surface area contributed by atoms with Crippen LogP contribution in [-0.4, -0.2) is 21.2 Å². The molecule has 0 spiro atoms. The van der Waals surface area contributed by atoms with E-state index in [4.69, 9.17) is 8.74 Å². The van der Waals surface area contributed by atoms with E-state index < -0.39 is 11.4 Å². The molecule has 0 saturated carbocycles. The monoisotopic (exact) mass is 348 g/mol. The highest BCUT2D eigenvalue weighted by Crippen LogP contribution is 2.17. The van der Waals surface area contributed by atoms with Gasteiger partial charge in [0.15, 0.2) is 0 Å². The quantitative estimate of drug-likeness (QED) is 0.199. The number of rotatable bonds is 18. The number of hydrogen-bond donors (Lipinski definition) is 1. The highest BCUT2D eigenvalue weighted by atomic mass is 32.2. The van der Waals surface area contributed by atoms with E-state index >= 15 is 0 Å². The van der Waals surface area contributed by atoms with Crippen LogP contribution in [0.15, 0.2) is 0 Å². The van der Waals surface area contributed by atoms with Crippen LogP contribution >= 0.6 is 0 Å². The first-order valence-electron chi connectivity index (χ1n) is 9.42. The first kappa shape index (κ1) is 22.7. The van der Waals surface area contributed by atoms with Crippen molar-refractivity contribution in [2.75, 3.05) is 0 Å². The van der Waals surface area contributed by atoms with Crippen LogP contribution < -0.4 is 0 Å². The van der Waals surface area contributed by atoms with Crippen LogP contribution in [0.25, 0.3) is 0 Å². The molecule has 0 fully saturated rings. The van der Waals surface area contributed by atoms with Gasteiger partial charge >= 0.3 is 11.4 Å². The standard InChI is InChI=1S/C18H36O4S/c1-2-3-4-12-15-18(22-23(20)21)16-13-10-8-6-5-7-9-11-14-17-19/h17-18H,2-16H2,1H3,(H,20,21). The third-order valence-electron chi connectivity index (χ3n) is 4.20. The lowest BCUT2D eigenvalue weighted by molar-refractivity contribution is -0.107. The highest BCUT2D eigenvalue weighted by Gasteiger charge is 2.12. The Bertz CT molecular complexity index is 284. The maximum atomic E-state index is 10.8. The fourth-order valence-electron chi connectivity index (χ4n) is 2.82. The number of carbonyl (C=O) groups excluding carboxylic acids is 1. The highest BCUT2D eigenvalue weighted by molar-refractivity contribution is 7.74. The predicted molar refractivity (Wildman–Crippen MR) is 96.6 cm³/mol. The Morgan fingerprint density at radius 3 is 1.83 bits per heavy atom. The molecule has 0 aliphatic heterocycles. The molecule has 0 aromatic heterocycles. The maximum Gasteiger partial charge on any atom is 0.302 e. The first-order valence-corrected chi connectivity index (χ1v) is 10.5. The van der Waals surface area contributed by atoms with Crippen LogP contribution in [0, 0.1) is 0 Å². The van der Waals surface area contributed by atoms with Crippen molar-refractivity contribution >= 4 is 17.6 Å². The zero-order chi connectivity index (χ0) is 17.2. The maximum absolute atomic E-state index is 10.8. The second kappa shape index (κ2) is 18.1. The van der Waals surface area contributed by atoms with E-state index in [1.54, 1.807) is 0 Å². The normalized spacial score (nSPS) is 13.8. The number of aldehydes is 1. The Morgan fingerprint density at radius 2 is 1.35 bits per heavy atom. The average Bonchev–Trinajstić information content (AvgIpc) is 2.52. The molecule has 1 N–H and O–H groups in total. The molecule has 0 aliphatic carbocycles. The van der Waals surface area contributed by atoms with Crippen molar-refractivity contribution in [3.63, 3.8) is 0 Å². The molecule has 5 heteroatoms. The Balaban J connectivity index is 3.53. The molecule has 138 valence electrons. The van der Waals surface area contributed by atoms with Crippen LogP contribution in [0.3, 0.4) is 0 Å².